The molecular weight excluding hydrogens is 240 g/mol. The molecule has 19 heavy (non-hydrogen) atoms. The Labute approximate surface area is 115 Å². The quantitative estimate of drug-likeness (QED) is 0.507. The molecule has 1 aromatic rings. The molecule has 1 aromatic carbocycles. The van der Waals surface area contributed by atoms with Crippen molar-refractivity contribution in [3.63, 3.8) is 0 Å². The summed E-state index contributed by atoms with van der Waals surface area (Å²) in [6.07, 6.45) is 4.07. The Balaban J connectivity index is 2.41. The Morgan fingerprint density at radius 3 is 2.42 bits per heavy atom. The van der Waals surface area contributed by atoms with Crippen LogP contribution in [0.2, 0.25) is 0 Å². The first-order chi connectivity index (χ1) is 9.27. The van der Waals surface area contributed by atoms with Gasteiger partial charge in [-0.1, -0.05) is 37.6 Å². The molecule has 0 unspecified atom stereocenters. The summed E-state index contributed by atoms with van der Waals surface area (Å²) in [4.78, 5) is 11.6. The minimum absolute atomic E-state index is 0.102. The SMILES string of the molecule is CCCCOC(=O)CCc1ccccc1CCOC. The zero-order valence-corrected chi connectivity index (χ0v) is 12.0. The van der Waals surface area contributed by atoms with Gasteiger partial charge in [0, 0.05) is 13.5 Å². The van der Waals surface area contributed by atoms with Gasteiger partial charge in [0.05, 0.1) is 13.2 Å². The number of hydrogen-bond acceptors (Lipinski definition) is 3. The third-order valence-corrected chi connectivity index (χ3v) is 3.05. The van der Waals surface area contributed by atoms with Crippen LogP contribution in [0.1, 0.15) is 37.3 Å². The molecule has 0 saturated heterocycles. The van der Waals surface area contributed by atoms with Crippen molar-refractivity contribution in [3.8, 4) is 0 Å². The van der Waals surface area contributed by atoms with Crippen molar-refractivity contribution in [2.75, 3.05) is 20.3 Å². The molecule has 0 radical (unpaired) electrons. The number of aryl methyl sites for hydroxylation is 1. The second kappa shape index (κ2) is 9.56. The van der Waals surface area contributed by atoms with Crippen LogP contribution in [0.4, 0.5) is 0 Å². The number of methoxy groups -OCH3 is 1. The standard InChI is InChI=1S/C16H24O3/c1-3-4-12-19-16(17)10-9-14-7-5-6-8-15(14)11-13-18-2/h5-8H,3-4,9-13H2,1-2H3. The zero-order chi connectivity index (χ0) is 13.9. The molecule has 0 spiro atoms. The maximum Gasteiger partial charge on any atom is 0.306 e. The molecule has 1 rings (SSSR count). The maximum atomic E-state index is 11.6. The number of esters is 1. The van der Waals surface area contributed by atoms with E-state index in [1.807, 2.05) is 12.1 Å². The molecule has 3 heteroatoms. The number of benzene rings is 1. The van der Waals surface area contributed by atoms with Gasteiger partial charge >= 0.3 is 5.97 Å². The summed E-state index contributed by atoms with van der Waals surface area (Å²) < 4.78 is 10.3. The fourth-order valence-electron chi connectivity index (χ4n) is 1.90. The molecule has 0 atom stereocenters. The molecule has 0 fully saturated rings. The molecule has 0 saturated carbocycles. The van der Waals surface area contributed by atoms with Crippen LogP contribution < -0.4 is 0 Å². The summed E-state index contributed by atoms with van der Waals surface area (Å²) in [5.41, 5.74) is 2.47. The van der Waals surface area contributed by atoms with Gasteiger partial charge in [-0.15, -0.1) is 0 Å². The summed E-state index contributed by atoms with van der Waals surface area (Å²) >= 11 is 0. The van der Waals surface area contributed by atoms with E-state index in [1.165, 1.54) is 11.1 Å². The van der Waals surface area contributed by atoms with Gasteiger partial charge in [0.1, 0.15) is 0 Å². The van der Waals surface area contributed by atoms with E-state index >= 15 is 0 Å². The molecule has 0 heterocycles. The highest BCUT2D eigenvalue weighted by molar-refractivity contribution is 5.69. The Hall–Kier alpha value is -1.35. The van der Waals surface area contributed by atoms with Crippen LogP contribution in [-0.2, 0) is 27.1 Å². The van der Waals surface area contributed by atoms with E-state index in [2.05, 4.69) is 19.1 Å². The number of hydrogen-bond donors (Lipinski definition) is 0. The van der Waals surface area contributed by atoms with Crippen molar-refractivity contribution in [3.05, 3.63) is 35.4 Å². The molecule has 106 valence electrons. The lowest BCUT2D eigenvalue weighted by molar-refractivity contribution is -0.143. The van der Waals surface area contributed by atoms with Gasteiger partial charge in [0.15, 0.2) is 0 Å². The molecular formula is C16H24O3. The van der Waals surface area contributed by atoms with E-state index in [0.717, 1.165) is 25.7 Å². The minimum Gasteiger partial charge on any atom is -0.466 e. The highest BCUT2D eigenvalue weighted by Crippen LogP contribution is 2.12. The van der Waals surface area contributed by atoms with Crippen LogP contribution in [0.25, 0.3) is 0 Å². The fourth-order valence-corrected chi connectivity index (χ4v) is 1.90. The predicted octanol–water partition coefficient (Wildman–Crippen LogP) is 3.15. The van der Waals surface area contributed by atoms with Crippen molar-refractivity contribution in [1.82, 2.24) is 0 Å². The second-order valence-electron chi connectivity index (χ2n) is 4.59. The van der Waals surface area contributed by atoms with Crippen molar-refractivity contribution in [2.24, 2.45) is 0 Å². The topological polar surface area (TPSA) is 35.5 Å². The van der Waals surface area contributed by atoms with E-state index in [4.69, 9.17) is 9.47 Å². The van der Waals surface area contributed by atoms with Crippen LogP contribution in [-0.4, -0.2) is 26.3 Å². The molecule has 0 aliphatic heterocycles. The highest BCUT2D eigenvalue weighted by atomic mass is 16.5. The monoisotopic (exact) mass is 264 g/mol. The van der Waals surface area contributed by atoms with E-state index in [9.17, 15) is 4.79 Å². The lowest BCUT2D eigenvalue weighted by atomic mass is 10.0. The Morgan fingerprint density at radius 1 is 1.11 bits per heavy atom. The summed E-state index contributed by atoms with van der Waals surface area (Å²) in [6.45, 7) is 3.33. The van der Waals surface area contributed by atoms with Gasteiger partial charge in [-0.3, -0.25) is 4.79 Å². The summed E-state index contributed by atoms with van der Waals surface area (Å²) in [6, 6.07) is 8.20. The molecule has 0 N–H and O–H groups in total. The first kappa shape index (κ1) is 15.7. The molecule has 0 aromatic heterocycles. The van der Waals surface area contributed by atoms with Crippen LogP contribution in [0, 0.1) is 0 Å². The summed E-state index contributed by atoms with van der Waals surface area (Å²) in [5.74, 6) is -0.102. The average Bonchev–Trinajstić information content (AvgIpc) is 2.44. The maximum absolute atomic E-state index is 11.6. The molecule has 3 nitrogen and oxygen atoms in total. The smallest absolute Gasteiger partial charge is 0.306 e. The van der Waals surface area contributed by atoms with E-state index in [1.54, 1.807) is 7.11 Å². The van der Waals surface area contributed by atoms with Crippen LogP contribution >= 0.6 is 0 Å². The van der Waals surface area contributed by atoms with Crippen LogP contribution in [0.5, 0.6) is 0 Å². The molecule has 0 aliphatic rings. The molecule has 0 bridgehead atoms. The lowest BCUT2D eigenvalue weighted by Gasteiger charge is -2.09. The summed E-state index contributed by atoms with van der Waals surface area (Å²) in [7, 11) is 1.70. The van der Waals surface area contributed by atoms with Gasteiger partial charge in [-0.05, 0) is 30.4 Å². The Bertz CT molecular complexity index is 374. The largest absolute Gasteiger partial charge is 0.466 e. The number of unbranched alkanes of at least 4 members (excludes halogenated alkanes) is 1. The summed E-state index contributed by atoms with van der Waals surface area (Å²) in [5, 5.41) is 0. The zero-order valence-electron chi connectivity index (χ0n) is 12.0. The normalized spacial score (nSPS) is 10.4. The van der Waals surface area contributed by atoms with E-state index < -0.39 is 0 Å². The molecule has 0 amide bonds. The Morgan fingerprint density at radius 2 is 1.79 bits per heavy atom. The Kier molecular flexibility index (Phi) is 7.91. The number of carbonyl (C=O) groups excluding carboxylic acids is 1. The average molecular weight is 264 g/mol. The minimum atomic E-state index is -0.102. The number of rotatable bonds is 9. The van der Waals surface area contributed by atoms with E-state index in [0.29, 0.717) is 19.6 Å². The highest BCUT2D eigenvalue weighted by Gasteiger charge is 2.06. The van der Waals surface area contributed by atoms with Crippen molar-refractivity contribution in [1.29, 1.82) is 0 Å². The van der Waals surface area contributed by atoms with Crippen molar-refractivity contribution >= 4 is 5.97 Å². The first-order valence-electron chi connectivity index (χ1n) is 6.99. The van der Waals surface area contributed by atoms with Gasteiger partial charge in [-0.25, -0.2) is 0 Å². The van der Waals surface area contributed by atoms with Gasteiger partial charge in [-0.2, -0.15) is 0 Å². The van der Waals surface area contributed by atoms with Crippen LogP contribution in [0.15, 0.2) is 24.3 Å². The number of ether oxygens (including phenoxy) is 2. The fraction of sp³-hybridized carbons (Fsp3) is 0.562. The van der Waals surface area contributed by atoms with Gasteiger partial charge in [0.25, 0.3) is 0 Å². The second-order valence-corrected chi connectivity index (χ2v) is 4.59. The van der Waals surface area contributed by atoms with E-state index in [-0.39, 0.29) is 5.97 Å². The number of carbonyl (C=O) groups is 1. The molecule has 0 aliphatic carbocycles. The predicted molar refractivity (Wildman–Crippen MR) is 76.2 cm³/mol. The van der Waals surface area contributed by atoms with Crippen LogP contribution in [0.3, 0.4) is 0 Å². The van der Waals surface area contributed by atoms with Crippen molar-refractivity contribution in [2.45, 2.75) is 39.0 Å². The third kappa shape index (κ3) is 6.39. The van der Waals surface area contributed by atoms with Crippen molar-refractivity contribution < 1.29 is 14.3 Å². The van der Waals surface area contributed by atoms with Gasteiger partial charge in [0.2, 0.25) is 0 Å². The lowest BCUT2D eigenvalue weighted by Crippen LogP contribution is -2.08. The third-order valence-electron chi connectivity index (χ3n) is 3.05. The first-order valence-corrected chi connectivity index (χ1v) is 6.99. The van der Waals surface area contributed by atoms with Gasteiger partial charge < -0.3 is 9.47 Å².